The third kappa shape index (κ3) is 2.97. The molecule has 1 aromatic rings. The molecule has 1 rings (SSSR count). The summed E-state index contributed by atoms with van der Waals surface area (Å²) < 4.78 is 0. The van der Waals surface area contributed by atoms with Crippen LogP contribution in [0.1, 0.15) is 5.56 Å². The van der Waals surface area contributed by atoms with Crippen molar-refractivity contribution >= 4 is 17.3 Å². The van der Waals surface area contributed by atoms with Crippen molar-refractivity contribution in [1.29, 1.82) is 0 Å². The molecule has 0 spiro atoms. The molecule has 0 saturated carbocycles. The number of rotatable bonds is 4. The van der Waals surface area contributed by atoms with E-state index in [2.05, 4.69) is 10.7 Å². The smallest absolute Gasteiger partial charge is 0.238 e. The Labute approximate surface area is 93.5 Å². The van der Waals surface area contributed by atoms with Crippen LogP contribution in [0.5, 0.6) is 0 Å². The van der Waals surface area contributed by atoms with Crippen LogP contribution in [-0.4, -0.2) is 12.5 Å². The van der Waals surface area contributed by atoms with Gasteiger partial charge in [0.2, 0.25) is 5.91 Å². The lowest BCUT2D eigenvalue weighted by Crippen LogP contribution is -2.23. The van der Waals surface area contributed by atoms with Crippen LogP contribution < -0.4 is 28.1 Å². The van der Waals surface area contributed by atoms with Crippen molar-refractivity contribution in [2.75, 3.05) is 11.9 Å². The van der Waals surface area contributed by atoms with Crippen molar-refractivity contribution in [2.45, 2.75) is 0 Å². The highest BCUT2D eigenvalue weighted by molar-refractivity contribution is 5.95. The highest BCUT2D eigenvalue weighted by Crippen LogP contribution is 2.19. The van der Waals surface area contributed by atoms with Crippen molar-refractivity contribution in [2.24, 2.45) is 17.3 Å². The maximum Gasteiger partial charge on any atom is 0.238 e. The Bertz CT molecular complexity index is 402. The molecular weight excluding hydrogens is 206 g/mol. The van der Waals surface area contributed by atoms with Crippen LogP contribution in [0.2, 0.25) is 0 Å². The number of nitrogens with one attached hydrogen (secondary N) is 2. The molecule has 86 valence electrons. The number of amides is 1. The lowest BCUT2D eigenvalue weighted by Gasteiger charge is -2.10. The van der Waals surface area contributed by atoms with Gasteiger partial charge in [-0.1, -0.05) is 18.2 Å². The van der Waals surface area contributed by atoms with Gasteiger partial charge in [0.15, 0.2) is 0 Å². The van der Waals surface area contributed by atoms with Crippen LogP contribution in [-0.2, 0) is 4.79 Å². The molecule has 0 unspecified atom stereocenters. The fourth-order valence-corrected chi connectivity index (χ4v) is 1.21. The molecule has 0 fully saturated rings. The molecule has 1 amide bonds. The number of benzene rings is 1. The Morgan fingerprint density at radius 3 is 2.69 bits per heavy atom. The number of hydrogen-bond donors (Lipinski definition) is 5. The molecule has 6 nitrogen and oxygen atoms in total. The minimum Gasteiger partial charge on any atom is -0.397 e. The normalized spacial score (nSPS) is 11.0. The molecule has 0 heterocycles. The Balaban J connectivity index is 3.00. The van der Waals surface area contributed by atoms with Gasteiger partial charge >= 0.3 is 0 Å². The van der Waals surface area contributed by atoms with Crippen molar-refractivity contribution in [3.05, 3.63) is 36.0 Å². The van der Waals surface area contributed by atoms with Gasteiger partial charge < -0.3 is 22.2 Å². The number of carbonyl (C=O) groups excluding carboxylic acids is 1. The second-order valence-corrected chi connectivity index (χ2v) is 3.06. The van der Waals surface area contributed by atoms with Crippen molar-refractivity contribution in [3.8, 4) is 0 Å². The summed E-state index contributed by atoms with van der Waals surface area (Å²) in [6.45, 7) is -0.0763. The van der Waals surface area contributed by atoms with E-state index in [9.17, 15) is 4.79 Å². The average molecular weight is 221 g/mol. The number of hydrazine groups is 1. The van der Waals surface area contributed by atoms with Gasteiger partial charge in [0.25, 0.3) is 0 Å². The van der Waals surface area contributed by atoms with Gasteiger partial charge in [0.05, 0.1) is 17.9 Å². The van der Waals surface area contributed by atoms with E-state index in [4.69, 9.17) is 17.3 Å². The van der Waals surface area contributed by atoms with Crippen LogP contribution in [0, 0.1) is 0 Å². The first-order chi connectivity index (χ1) is 7.69. The lowest BCUT2D eigenvalue weighted by atomic mass is 10.1. The predicted octanol–water partition coefficient (Wildman–Crippen LogP) is -0.696. The Kier molecular flexibility index (Phi) is 4.31. The van der Waals surface area contributed by atoms with Gasteiger partial charge in [-0.25, -0.2) is 0 Å². The SMILES string of the molecule is NCC(=O)Nc1ccccc1/C(N)=C/NN. The van der Waals surface area contributed by atoms with Crippen LogP contribution in [0.3, 0.4) is 0 Å². The van der Waals surface area contributed by atoms with Crippen molar-refractivity contribution in [1.82, 2.24) is 5.43 Å². The quantitative estimate of drug-likeness (QED) is 0.340. The molecule has 0 radical (unpaired) electrons. The number of anilines is 1. The molecule has 0 aromatic heterocycles. The molecular formula is C10H15N5O. The van der Waals surface area contributed by atoms with Gasteiger partial charge in [0, 0.05) is 11.8 Å². The summed E-state index contributed by atoms with van der Waals surface area (Å²) in [6, 6.07) is 7.11. The topological polar surface area (TPSA) is 119 Å². The Morgan fingerprint density at radius 1 is 1.38 bits per heavy atom. The third-order valence-electron chi connectivity index (χ3n) is 1.94. The standard InChI is InChI=1S/C10H15N5O/c11-5-10(16)15-9-4-2-1-3-7(9)8(12)6-14-13/h1-4,6,14H,5,11-13H2,(H,15,16)/b8-6-. The Morgan fingerprint density at radius 2 is 2.06 bits per heavy atom. The molecule has 0 atom stereocenters. The Hall–Kier alpha value is -2.05. The first kappa shape index (κ1) is 12.0. The summed E-state index contributed by atoms with van der Waals surface area (Å²) in [6.07, 6.45) is 1.44. The molecule has 0 aliphatic rings. The predicted molar refractivity (Wildman–Crippen MR) is 63.6 cm³/mol. The lowest BCUT2D eigenvalue weighted by molar-refractivity contribution is -0.114. The second-order valence-electron chi connectivity index (χ2n) is 3.06. The van der Waals surface area contributed by atoms with Crippen molar-refractivity contribution in [3.63, 3.8) is 0 Å². The summed E-state index contributed by atoms with van der Waals surface area (Å²) >= 11 is 0. The maximum atomic E-state index is 11.2. The average Bonchev–Trinajstić information content (AvgIpc) is 2.30. The summed E-state index contributed by atoms with van der Waals surface area (Å²) in [5, 5.41) is 2.65. The van der Waals surface area contributed by atoms with E-state index in [1.807, 2.05) is 6.07 Å². The first-order valence-electron chi connectivity index (χ1n) is 4.70. The zero-order valence-corrected chi connectivity index (χ0v) is 8.73. The zero-order valence-electron chi connectivity index (χ0n) is 8.73. The molecule has 0 aliphatic heterocycles. The van der Waals surface area contributed by atoms with Gasteiger partial charge in [-0.3, -0.25) is 10.6 Å². The summed E-state index contributed by atoms with van der Waals surface area (Å²) in [5.74, 6) is 4.85. The fourth-order valence-electron chi connectivity index (χ4n) is 1.21. The van der Waals surface area contributed by atoms with E-state index < -0.39 is 0 Å². The van der Waals surface area contributed by atoms with E-state index in [1.165, 1.54) is 6.20 Å². The molecule has 8 N–H and O–H groups in total. The van der Waals surface area contributed by atoms with Gasteiger partial charge in [-0.05, 0) is 6.07 Å². The van der Waals surface area contributed by atoms with E-state index in [0.717, 1.165) is 0 Å². The fraction of sp³-hybridized carbons (Fsp3) is 0.100. The molecule has 0 aliphatic carbocycles. The molecule has 0 saturated heterocycles. The summed E-state index contributed by atoms with van der Waals surface area (Å²) in [7, 11) is 0. The molecule has 0 bridgehead atoms. The van der Waals surface area contributed by atoms with Crippen LogP contribution >= 0.6 is 0 Å². The van der Waals surface area contributed by atoms with Crippen LogP contribution in [0.15, 0.2) is 30.5 Å². The van der Waals surface area contributed by atoms with Crippen molar-refractivity contribution < 1.29 is 4.79 Å². The summed E-state index contributed by atoms with van der Waals surface area (Å²) in [4.78, 5) is 11.2. The second kappa shape index (κ2) is 5.74. The highest BCUT2D eigenvalue weighted by Gasteiger charge is 2.06. The van der Waals surface area contributed by atoms with E-state index in [-0.39, 0.29) is 12.5 Å². The third-order valence-corrected chi connectivity index (χ3v) is 1.94. The molecule has 16 heavy (non-hydrogen) atoms. The van der Waals surface area contributed by atoms with E-state index in [1.54, 1.807) is 18.2 Å². The monoisotopic (exact) mass is 221 g/mol. The highest BCUT2D eigenvalue weighted by atomic mass is 16.1. The zero-order chi connectivity index (χ0) is 12.0. The number of nitrogens with two attached hydrogens (primary N) is 3. The minimum absolute atomic E-state index is 0.0763. The maximum absolute atomic E-state index is 11.2. The van der Waals surface area contributed by atoms with Crippen LogP contribution in [0.25, 0.3) is 5.70 Å². The largest absolute Gasteiger partial charge is 0.397 e. The van der Waals surface area contributed by atoms with Gasteiger partial charge in [0.1, 0.15) is 0 Å². The van der Waals surface area contributed by atoms with E-state index >= 15 is 0 Å². The first-order valence-corrected chi connectivity index (χ1v) is 4.70. The van der Waals surface area contributed by atoms with E-state index in [0.29, 0.717) is 16.9 Å². The number of hydrogen-bond acceptors (Lipinski definition) is 5. The van der Waals surface area contributed by atoms with Crippen LogP contribution in [0.4, 0.5) is 5.69 Å². The van der Waals surface area contributed by atoms with Gasteiger partial charge in [-0.15, -0.1) is 0 Å². The molecule has 6 heteroatoms. The summed E-state index contributed by atoms with van der Waals surface area (Å²) in [5.41, 5.74) is 15.0. The molecule has 1 aromatic carbocycles. The van der Waals surface area contributed by atoms with Gasteiger partial charge in [-0.2, -0.15) is 0 Å². The minimum atomic E-state index is -0.277. The number of carbonyl (C=O) groups is 1. The number of para-hydroxylation sites is 1.